The molecule has 0 unspecified atom stereocenters. The summed E-state index contributed by atoms with van der Waals surface area (Å²) >= 11 is 0. The number of rotatable bonds is 11. The fraction of sp³-hybridized carbons (Fsp3) is 0.512. The van der Waals surface area contributed by atoms with Crippen LogP contribution in [0.3, 0.4) is 0 Å². The first-order chi connectivity index (χ1) is 26.7. The summed E-state index contributed by atoms with van der Waals surface area (Å²) in [5.41, 5.74) is 2.07. The van der Waals surface area contributed by atoms with E-state index in [1.807, 2.05) is 47.0 Å². The first-order valence-electron chi connectivity index (χ1n) is 19.9. The van der Waals surface area contributed by atoms with Gasteiger partial charge >= 0.3 is 0 Å². The van der Waals surface area contributed by atoms with Crippen LogP contribution in [0.15, 0.2) is 67.5 Å². The summed E-state index contributed by atoms with van der Waals surface area (Å²) in [6, 6.07) is 14.9. The summed E-state index contributed by atoms with van der Waals surface area (Å²) < 4.78 is 28.6. The Labute approximate surface area is 337 Å². The Hall–Kier alpha value is -3.74. The smallest absolute Gasteiger partial charge is 0.247 e. The molecule has 5 aromatic rings. The van der Waals surface area contributed by atoms with Crippen molar-refractivity contribution in [3.8, 4) is 5.88 Å². The zero-order chi connectivity index (χ0) is 41.2. The Morgan fingerprint density at radius 2 is 1.60 bits per heavy atom. The molecule has 0 amide bonds. The molecule has 0 saturated carbocycles. The van der Waals surface area contributed by atoms with E-state index in [2.05, 4.69) is 85.7 Å². The Bertz CT molecular complexity index is 2280. The van der Waals surface area contributed by atoms with Crippen LogP contribution in [0.1, 0.15) is 77.5 Å². The number of aromatic nitrogens is 4. The first-order valence-corrected chi connectivity index (χ1v) is 25.7. The van der Waals surface area contributed by atoms with Gasteiger partial charge in [-0.05, 0) is 68.9 Å². The van der Waals surface area contributed by atoms with E-state index in [4.69, 9.17) is 33.3 Å². The number of nitrogens with one attached hydrogen (secondary N) is 1. The van der Waals surface area contributed by atoms with E-state index < -0.39 is 47.2 Å². The number of imidazole rings is 1. The third-order valence-corrected chi connectivity index (χ3v) is 21.8. The normalized spacial score (nSPS) is 24.6. The van der Waals surface area contributed by atoms with Gasteiger partial charge in [0.1, 0.15) is 37.3 Å². The predicted octanol–water partition coefficient (Wildman–Crippen LogP) is 8.32. The lowest BCUT2D eigenvalue weighted by Gasteiger charge is -2.40. The van der Waals surface area contributed by atoms with E-state index in [0.717, 1.165) is 21.5 Å². The number of aliphatic hydroxyl groups is 3. The summed E-state index contributed by atoms with van der Waals surface area (Å²) in [5, 5.41) is 41.3. The number of aliphatic hydroxyl groups excluding tert-OH is 3. The van der Waals surface area contributed by atoms with Gasteiger partial charge in [0.25, 0.3) is 0 Å². The standard InChI is InChI=1S/C43H59N5O7Si2/c1-12-21-52-40-35-39(48(24-44-35)31-22-29(55-57(10,11)43(5,6)7)30(54-31)23-53-56(8,9)42(2,3)4)46-41(47-40)45-34-33-28(36(49)38(51)37(34)50)20-19-26-18-17-25-15-13-14-16-27(25)32(26)33/h12-20,24,29-31,34,36-38,49-51H,1,21-23H2,2-11H3,(H,45,46,47)/t29-,30+,31+,34+,36-,37+,38+/m0/s1. The quantitative estimate of drug-likeness (QED) is 0.0579. The molecule has 3 aromatic carbocycles. The number of fused-ring (bicyclic) bond motifs is 6. The Balaban J connectivity index is 1.30. The number of benzene rings is 3. The summed E-state index contributed by atoms with van der Waals surface area (Å²) in [4.78, 5) is 14.5. The molecule has 3 heterocycles. The molecule has 0 radical (unpaired) electrons. The molecule has 12 nitrogen and oxygen atoms in total. The minimum Gasteiger partial charge on any atom is -0.472 e. The second-order valence-corrected chi connectivity index (χ2v) is 28.2. The molecule has 4 N–H and O–H groups in total. The maximum absolute atomic E-state index is 11.7. The second-order valence-electron chi connectivity index (χ2n) is 18.6. The fourth-order valence-electron chi connectivity index (χ4n) is 7.38. The van der Waals surface area contributed by atoms with Gasteiger partial charge in [0, 0.05) is 6.42 Å². The molecule has 1 saturated heterocycles. The van der Waals surface area contributed by atoms with Crippen molar-refractivity contribution >= 4 is 55.3 Å². The van der Waals surface area contributed by atoms with Crippen molar-refractivity contribution in [3.63, 3.8) is 0 Å². The van der Waals surface area contributed by atoms with Gasteiger partial charge in [0.05, 0.1) is 25.1 Å². The molecule has 306 valence electrons. The molecule has 0 spiro atoms. The minimum absolute atomic E-state index is 0.00759. The van der Waals surface area contributed by atoms with Gasteiger partial charge in [-0.2, -0.15) is 9.97 Å². The maximum atomic E-state index is 11.7. The highest BCUT2D eigenvalue weighted by atomic mass is 28.4. The average Bonchev–Trinajstić information content (AvgIpc) is 3.76. The largest absolute Gasteiger partial charge is 0.472 e. The summed E-state index contributed by atoms with van der Waals surface area (Å²) in [7, 11) is -4.31. The molecule has 1 fully saturated rings. The molecular weight excluding hydrogens is 755 g/mol. The SMILES string of the molecule is C=CCOc1nc(N[C@@H]2c3c(ccc4ccc5ccccc5c34)[C@H](O)[C@@H](O)[C@@H]2O)nc2c1ncn2[C@H]1C[C@H](O[Si](C)(C)C(C)(C)C)[C@@H](CO[Si](C)(C)C(C)(C)C)O1. The average molecular weight is 814 g/mol. The van der Waals surface area contributed by atoms with Gasteiger partial charge in [-0.3, -0.25) is 4.57 Å². The lowest BCUT2D eigenvalue weighted by Crippen LogP contribution is -2.48. The zero-order valence-corrected chi connectivity index (χ0v) is 36.9. The van der Waals surface area contributed by atoms with Crippen molar-refractivity contribution in [2.45, 2.75) is 127 Å². The van der Waals surface area contributed by atoms with Crippen molar-refractivity contribution in [1.82, 2.24) is 19.5 Å². The van der Waals surface area contributed by atoms with Crippen LogP contribution in [0.5, 0.6) is 5.88 Å². The maximum Gasteiger partial charge on any atom is 0.247 e. The number of ether oxygens (including phenoxy) is 2. The molecular formula is C43H59N5O7Si2. The number of anilines is 1. The van der Waals surface area contributed by atoms with Gasteiger partial charge in [-0.25, -0.2) is 4.98 Å². The Kier molecular flexibility index (Phi) is 11.0. The number of hydrogen-bond acceptors (Lipinski definition) is 11. The van der Waals surface area contributed by atoms with E-state index in [1.165, 1.54) is 0 Å². The first kappa shape index (κ1) is 41.4. The highest BCUT2D eigenvalue weighted by Gasteiger charge is 2.47. The van der Waals surface area contributed by atoms with Crippen LogP contribution < -0.4 is 10.1 Å². The summed E-state index contributed by atoms with van der Waals surface area (Å²) in [6.45, 7) is 26.8. The predicted molar refractivity (Wildman–Crippen MR) is 230 cm³/mol. The van der Waals surface area contributed by atoms with Gasteiger partial charge in [0.15, 0.2) is 27.8 Å². The van der Waals surface area contributed by atoms with Crippen molar-refractivity contribution in [2.24, 2.45) is 0 Å². The molecule has 7 rings (SSSR count). The molecule has 14 heteroatoms. The summed E-state index contributed by atoms with van der Waals surface area (Å²) in [5.74, 6) is 0.365. The Morgan fingerprint density at radius 3 is 2.30 bits per heavy atom. The van der Waals surface area contributed by atoms with E-state index in [9.17, 15) is 15.3 Å². The van der Waals surface area contributed by atoms with Gasteiger partial charge in [0.2, 0.25) is 11.8 Å². The lowest BCUT2D eigenvalue weighted by atomic mass is 9.78. The van der Waals surface area contributed by atoms with E-state index in [-0.39, 0.29) is 40.7 Å². The molecule has 7 atom stereocenters. The molecule has 57 heavy (non-hydrogen) atoms. The van der Waals surface area contributed by atoms with Crippen LogP contribution in [0.25, 0.3) is 32.7 Å². The third kappa shape index (κ3) is 7.66. The van der Waals surface area contributed by atoms with Crippen molar-refractivity contribution in [2.75, 3.05) is 18.5 Å². The molecule has 2 aromatic heterocycles. The number of hydrogen-bond donors (Lipinski definition) is 4. The van der Waals surface area contributed by atoms with Crippen molar-refractivity contribution in [3.05, 3.63) is 78.6 Å². The third-order valence-electron chi connectivity index (χ3n) is 12.8. The molecule has 1 aliphatic carbocycles. The van der Waals surface area contributed by atoms with Gasteiger partial charge in [-0.1, -0.05) is 103 Å². The van der Waals surface area contributed by atoms with E-state index in [1.54, 1.807) is 12.4 Å². The summed E-state index contributed by atoms with van der Waals surface area (Å²) in [6.07, 6.45) is -1.34. The number of nitrogens with zero attached hydrogens (tertiary/aromatic N) is 4. The fourth-order valence-corrected chi connectivity index (χ4v) is 9.75. The van der Waals surface area contributed by atoms with Crippen LogP contribution in [-0.2, 0) is 13.6 Å². The van der Waals surface area contributed by atoms with Crippen LogP contribution in [0, 0.1) is 0 Å². The van der Waals surface area contributed by atoms with Crippen LogP contribution in [0.4, 0.5) is 5.95 Å². The highest BCUT2D eigenvalue weighted by molar-refractivity contribution is 6.74. The highest BCUT2D eigenvalue weighted by Crippen LogP contribution is 2.46. The van der Waals surface area contributed by atoms with Crippen molar-refractivity contribution < 1.29 is 33.6 Å². The van der Waals surface area contributed by atoms with Crippen LogP contribution in [-0.4, -0.2) is 89.1 Å². The molecule has 0 bridgehead atoms. The van der Waals surface area contributed by atoms with E-state index >= 15 is 0 Å². The zero-order valence-electron chi connectivity index (χ0n) is 34.9. The molecule has 2 aliphatic rings. The molecule has 1 aliphatic heterocycles. The topological polar surface area (TPSA) is 153 Å². The monoisotopic (exact) mass is 813 g/mol. The van der Waals surface area contributed by atoms with Crippen molar-refractivity contribution in [1.29, 1.82) is 0 Å². The van der Waals surface area contributed by atoms with Gasteiger partial charge < -0.3 is 39.0 Å². The van der Waals surface area contributed by atoms with Crippen LogP contribution in [0.2, 0.25) is 36.3 Å². The second kappa shape index (κ2) is 15.1. The van der Waals surface area contributed by atoms with Gasteiger partial charge in [-0.15, -0.1) is 0 Å². The van der Waals surface area contributed by atoms with E-state index in [0.29, 0.717) is 35.3 Å². The Morgan fingerprint density at radius 1 is 0.912 bits per heavy atom. The van der Waals surface area contributed by atoms with Crippen LogP contribution >= 0.6 is 0 Å². The lowest BCUT2D eigenvalue weighted by molar-refractivity contribution is -0.0767. The minimum atomic E-state index is -2.21.